The molecule has 0 spiro atoms. The number of aromatic nitrogens is 2. The molecule has 1 heterocycles. The third-order valence-electron chi connectivity index (χ3n) is 3.95. The summed E-state index contributed by atoms with van der Waals surface area (Å²) in [4.78, 5) is 12.1. The molecule has 0 bridgehead atoms. The summed E-state index contributed by atoms with van der Waals surface area (Å²) in [5.41, 5.74) is 2.61. The van der Waals surface area contributed by atoms with Crippen LogP contribution in [-0.2, 0) is 22.5 Å². The molecule has 0 aliphatic carbocycles. The fourth-order valence-electron chi connectivity index (χ4n) is 2.33. The van der Waals surface area contributed by atoms with E-state index in [0.717, 1.165) is 23.4 Å². The smallest absolute Gasteiger partial charge is 0.142 e. The van der Waals surface area contributed by atoms with Gasteiger partial charge in [0.05, 0.1) is 24.4 Å². The van der Waals surface area contributed by atoms with Crippen molar-refractivity contribution in [3.63, 3.8) is 0 Å². The van der Waals surface area contributed by atoms with Crippen molar-refractivity contribution in [2.75, 3.05) is 6.61 Å². The van der Waals surface area contributed by atoms with Gasteiger partial charge in [0.2, 0.25) is 0 Å². The average Bonchev–Trinajstić information content (AvgIpc) is 2.94. The van der Waals surface area contributed by atoms with Crippen molar-refractivity contribution in [3.8, 4) is 11.3 Å². The summed E-state index contributed by atoms with van der Waals surface area (Å²) in [5, 5.41) is 4.60. The van der Waals surface area contributed by atoms with E-state index in [9.17, 15) is 4.79 Å². The summed E-state index contributed by atoms with van der Waals surface area (Å²) >= 11 is 0. The fourth-order valence-corrected chi connectivity index (χ4v) is 2.33. The van der Waals surface area contributed by atoms with Gasteiger partial charge in [-0.25, -0.2) is 0 Å². The molecule has 2 aromatic rings. The Bertz CT molecular complexity index is 701. The number of hydrogen-bond donors (Lipinski definition) is 0. The van der Waals surface area contributed by atoms with Gasteiger partial charge in [-0.3, -0.25) is 9.48 Å². The van der Waals surface area contributed by atoms with Crippen LogP contribution in [-0.4, -0.2) is 27.8 Å². The van der Waals surface area contributed by atoms with E-state index in [1.165, 1.54) is 0 Å². The maximum absolute atomic E-state index is 12.1. The zero-order valence-corrected chi connectivity index (χ0v) is 16.3. The van der Waals surface area contributed by atoms with E-state index in [4.69, 9.17) is 4.74 Å². The maximum Gasteiger partial charge on any atom is 0.142 e. The number of nitrogens with zero attached hydrogens (tertiary/aromatic N) is 2. The molecule has 1 aromatic carbocycles. The molecular weight excluding hydrogens is 312 g/mol. The molecular formula is C21H30N2O2. The van der Waals surface area contributed by atoms with Crippen molar-refractivity contribution in [3.05, 3.63) is 42.1 Å². The van der Waals surface area contributed by atoms with Gasteiger partial charge >= 0.3 is 0 Å². The third-order valence-corrected chi connectivity index (χ3v) is 3.95. The number of carbonyl (C=O) groups excluding carboxylic acids is 1. The van der Waals surface area contributed by atoms with Crippen LogP contribution in [0.1, 0.15) is 47.1 Å². The van der Waals surface area contributed by atoms with Crippen molar-refractivity contribution in [2.24, 2.45) is 5.41 Å². The van der Waals surface area contributed by atoms with Gasteiger partial charge < -0.3 is 4.74 Å². The van der Waals surface area contributed by atoms with Crippen LogP contribution in [0.3, 0.4) is 0 Å². The number of carbonyl (C=O) groups is 1. The largest absolute Gasteiger partial charge is 0.374 e. The molecule has 0 aliphatic rings. The van der Waals surface area contributed by atoms with Crippen LogP contribution in [0.5, 0.6) is 0 Å². The van der Waals surface area contributed by atoms with Crippen molar-refractivity contribution < 1.29 is 9.53 Å². The van der Waals surface area contributed by atoms with Gasteiger partial charge in [0, 0.05) is 23.6 Å². The fraction of sp³-hybridized carbons (Fsp3) is 0.524. The summed E-state index contributed by atoms with van der Waals surface area (Å²) in [6, 6.07) is 10.1. The Morgan fingerprint density at radius 1 is 1.04 bits per heavy atom. The molecule has 0 fully saturated rings. The van der Waals surface area contributed by atoms with Crippen LogP contribution >= 0.6 is 0 Å². The second-order valence-electron chi connectivity index (χ2n) is 8.47. The van der Waals surface area contributed by atoms with Crippen LogP contribution in [0.2, 0.25) is 0 Å². The Hall–Kier alpha value is -1.94. The second-order valence-corrected chi connectivity index (χ2v) is 8.47. The van der Waals surface area contributed by atoms with Crippen molar-refractivity contribution >= 4 is 5.78 Å². The van der Waals surface area contributed by atoms with E-state index in [1.807, 2.05) is 82.8 Å². The number of ether oxygens (including phenoxy) is 1. The molecule has 0 atom stereocenters. The van der Waals surface area contributed by atoms with Crippen molar-refractivity contribution in [2.45, 2.75) is 60.1 Å². The Labute approximate surface area is 151 Å². The van der Waals surface area contributed by atoms with Crippen LogP contribution in [0, 0.1) is 5.41 Å². The molecule has 0 saturated heterocycles. The van der Waals surface area contributed by atoms with E-state index in [1.54, 1.807) is 0 Å². The van der Waals surface area contributed by atoms with Gasteiger partial charge in [-0.1, -0.05) is 45.0 Å². The summed E-state index contributed by atoms with van der Waals surface area (Å²) in [6.45, 7) is 13.4. The minimum Gasteiger partial charge on any atom is -0.374 e. The predicted octanol–water partition coefficient (Wildman–Crippen LogP) is 4.52. The first-order valence-corrected chi connectivity index (χ1v) is 8.85. The summed E-state index contributed by atoms with van der Waals surface area (Å²) < 4.78 is 7.64. The zero-order chi connectivity index (χ0) is 18.7. The SMILES string of the molecule is CC(C)(C)OCCn1ccc(-c2ccc(CC(=O)C(C)(C)C)cc2)n1. The Balaban J connectivity index is 1.97. The molecule has 136 valence electrons. The summed E-state index contributed by atoms with van der Waals surface area (Å²) in [7, 11) is 0. The minimum absolute atomic E-state index is 0.129. The van der Waals surface area contributed by atoms with E-state index < -0.39 is 0 Å². The summed E-state index contributed by atoms with van der Waals surface area (Å²) in [5.74, 6) is 0.253. The lowest BCUT2D eigenvalue weighted by Gasteiger charge is -2.19. The first-order valence-electron chi connectivity index (χ1n) is 8.85. The lowest BCUT2D eigenvalue weighted by Crippen LogP contribution is -2.22. The topological polar surface area (TPSA) is 44.1 Å². The molecule has 4 heteroatoms. The first-order chi connectivity index (χ1) is 11.5. The molecule has 0 unspecified atom stereocenters. The standard InChI is InChI=1S/C21H30N2O2/c1-20(2,3)19(24)15-16-7-9-17(10-8-16)18-11-12-23(22-18)13-14-25-21(4,5)6/h7-12H,13-15H2,1-6H3. The van der Waals surface area contributed by atoms with Crippen LogP contribution in [0.25, 0.3) is 11.3 Å². The van der Waals surface area contributed by atoms with E-state index in [2.05, 4.69) is 5.10 Å². The predicted molar refractivity (Wildman–Crippen MR) is 102 cm³/mol. The monoisotopic (exact) mass is 342 g/mol. The van der Waals surface area contributed by atoms with Crippen LogP contribution in [0.4, 0.5) is 0 Å². The normalized spacial score (nSPS) is 12.4. The van der Waals surface area contributed by atoms with Gasteiger partial charge in [0.15, 0.2) is 0 Å². The maximum atomic E-state index is 12.1. The number of ketones is 1. The molecule has 0 radical (unpaired) electrons. The lowest BCUT2D eigenvalue weighted by atomic mass is 9.87. The molecule has 0 N–H and O–H groups in total. The highest BCUT2D eigenvalue weighted by atomic mass is 16.5. The zero-order valence-electron chi connectivity index (χ0n) is 16.3. The highest BCUT2D eigenvalue weighted by Gasteiger charge is 2.21. The molecule has 0 saturated carbocycles. The molecule has 25 heavy (non-hydrogen) atoms. The van der Waals surface area contributed by atoms with Gasteiger partial charge in [-0.05, 0) is 32.4 Å². The third kappa shape index (κ3) is 6.13. The highest BCUT2D eigenvalue weighted by Crippen LogP contribution is 2.21. The number of Topliss-reactive ketones (excluding diaryl/α,β-unsaturated/α-hetero) is 1. The molecule has 1 aromatic heterocycles. The second kappa shape index (κ2) is 7.52. The van der Waals surface area contributed by atoms with Crippen LogP contribution < -0.4 is 0 Å². The Kier molecular flexibility index (Phi) is 5.83. The first kappa shape index (κ1) is 19.4. The Morgan fingerprint density at radius 3 is 2.24 bits per heavy atom. The van der Waals surface area contributed by atoms with E-state index >= 15 is 0 Å². The lowest BCUT2D eigenvalue weighted by molar-refractivity contribution is -0.125. The van der Waals surface area contributed by atoms with Gasteiger partial charge in [0.25, 0.3) is 0 Å². The number of rotatable bonds is 6. The van der Waals surface area contributed by atoms with Gasteiger partial charge in [-0.15, -0.1) is 0 Å². The molecule has 4 nitrogen and oxygen atoms in total. The van der Waals surface area contributed by atoms with Crippen LogP contribution in [0.15, 0.2) is 36.5 Å². The van der Waals surface area contributed by atoms with Gasteiger partial charge in [-0.2, -0.15) is 5.10 Å². The summed E-state index contributed by atoms with van der Waals surface area (Å²) in [6.07, 6.45) is 2.45. The number of benzene rings is 1. The molecule has 2 rings (SSSR count). The Morgan fingerprint density at radius 2 is 1.68 bits per heavy atom. The number of hydrogen-bond acceptors (Lipinski definition) is 3. The van der Waals surface area contributed by atoms with E-state index in [0.29, 0.717) is 13.0 Å². The minimum atomic E-state index is -0.299. The molecule has 0 amide bonds. The van der Waals surface area contributed by atoms with Gasteiger partial charge in [0.1, 0.15) is 5.78 Å². The van der Waals surface area contributed by atoms with E-state index in [-0.39, 0.29) is 16.8 Å². The highest BCUT2D eigenvalue weighted by molar-refractivity contribution is 5.85. The van der Waals surface area contributed by atoms with Crippen molar-refractivity contribution in [1.82, 2.24) is 9.78 Å². The van der Waals surface area contributed by atoms with Crippen molar-refractivity contribution in [1.29, 1.82) is 0 Å². The quantitative estimate of drug-likeness (QED) is 0.775. The average molecular weight is 342 g/mol. The molecule has 0 aliphatic heterocycles.